The van der Waals surface area contributed by atoms with Gasteiger partial charge in [-0.1, -0.05) is 0 Å². The molecule has 1 aliphatic heterocycles. The number of hydrogen-bond acceptors (Lipinski definition) is 7. The average Bonchev–Trinajstić information content (AvgIpc) is 3.23. The van der Waals surface area contributed by atoms with Crippen LogP contribution < -0.4 is 16.4 Å². The van der Waals surface area contributed by atoms with E-state index in [9.17, 15) is 19.1 Å². The van der Waals surface area contributed by atoms with Crippen molar-refractivity contribution in [3.63, 3.8) is 0 Å². The predicted molar refractivity (Wildman–Crippen MR) is 127 cm³/mol. The van der Waals surface area contributed by atoms with Crippen molar-refractivity contribution in [1.82, 2.24) is 29.5 Å². The van der Waals surface area contributed by atoms with Crippen LogP contribution in [0.2, 0.25) is 0 Å². The molecule has 12 heteroatoms. The van der Waals surface area contributed by atoms with E-state index in [1.807, 2.05) is 12.1 Å². The summed E-state index contributed by atoms with van der Waals surface area (Å²) in [6.07, 6.45) is 5.13. The lowest BCUT2D eigenvalue weighted by atomic mass is 10.1. The smallest absolute Gasteiger partial charge is 0.326 e. The van der Waals surface area contributed by atoms with Gasteiger partial charge in [-0.15, -0.1) is 11.3 Å². The van der Waals surface area contributed by atoms with Crippen LogP contribution in [0.15, 0.2) is 34.2 Å². The highest BCUT2D eigenvalue weighted by molar-refractivity contribution is 7.17. The molecule has 4 aromatic rings. The maximum Gasteiger partial charge on any atom is 0.326 e. The summed E-state index contributed by atoms with van der Waals surface area (Å²) in [5.41, 5.74) is 1.50. The number of piperidine rings is 1. The van der Waals surface area contributed by atoms with Crippen LogP contribution >= 0.6 is 11.3 Å². The number of aromatic hydroxyl groups is 1. The van der Waals surface area contributed by atoms with Gasteiger partial charge in [0, 0.05) is 24.4 Å². The Bertz CT molecular complexity index is 1610. The second-order valence-electron chi connectivity index (χ2n) is 8.81. The molecule has 0 bridgehead atoms. The van der Waals surface area contributed by atoms with Crippen molar-refractivity contribution in [2.75, 3.05) is 13.1 Å². The number of imidazole rings is 1. The maximum atomic E-state index is 13.5. The Hall–Kier alpha value is -3.80. The summed E-state index contributed by atoms with van der Waals surface area (Å²) in [7, 11) is 0. The summed E-state index contributed by atoms with van der Waals surface area (Å²) >= 11 is 1.34. The van der Waals surface area contributed by atoms with Gasteiger partial charge in [-0.25, -0.2) is 14.2 Å². The van der Waals surface area contributed by atoms with E-state index >= 15 is 0 Å². The average molecular weight is 496 g/mol. The van der Waals surface area contributed by atoms with Crippen LogP contribution in [-0.2, 0) is 0 Å². The minimum absolute atomic E-state index is 0.0950. The minimum atomic E-state index is -0.838. The van der Waals surface area contributed by atoms with E-state index in [0.717, 1.165) is 17.7 Å². The van der Waals surface area contributed by atoms with Gasteiger partial charge in [-0.3, -0.25) is 14.8 Å². The Balaban J connectivity index is 1.42. The van der Waals surface area contributed by atoms with Crippen molar-refractivity contribution in [2.45, 2.75) is 37.9 Å². The summed E-state index contributed by atoms with van der Waals surface area (Å²) in [4.78, 5) is 41.9. The van der Waals surface area contributed by atoms with Crippen LogP contribution in [0, 0.1) is 0 Å². The van der Waals surface area contributed by atoms with E-state index in [4.69, 9.17) is 9.98 Å². The number of thiophene rings is 1. The number of likely N-dealkylation sites (tertiary alicyclic amines) is 1. The number of alkyl halides is 1. The number of hydrogen-bond donors (Lipinski definition) is 3. The highest BCUT2D eigenvalue weighted by Crippen LogP contribution is 2.28. The number of rotatable bonds is 4. The second-order valence-corrected chi connectivity index (χ2v) is 9.90. The molecule has 0 spiro atoms. The zero-order chi connectivity index (χ0) is 24.1. The molecule has 180 valence electrons. The van der Waals surface area contributed by atoms with E-state index in [1.165, 1.54) is 11.3 Å². The van der Waals surface area contributed by atoms with Gasteiger partial charge in [0.2, 0.25) is 5.88 Å². The van der Waals surface area contributed by atoms with E-state index in [1.54, 1.807) is 27.8 Å². The lowest BCUT2D eigenvalue weighted by Gasteiger charge is -2.28. The molecule has 0 atom stereocenters. The fourth-order valence-corrected chi connectivity index (χ4v) is 5.05. The van der Waals surface area contributed by atoms with Crippen molar-refractivity contribution in [3.8, 4) is 16.5 Å². The van der Waals surface area contributed by atoms with Gasteiger partial charge in [-0.05, 0) is 43.9 Å². The highest BCUT2D eigenvalue weighted by atomic mass is 32.1. The van der Waals surface area contributed by atoms with Gasteiger partial charge in [0.25, 0.3) is 5.91 Å². The van der Waals surface area contributed by atoms with Crippen molar-refractivity contribution < 1.29 is 14.3 Å². The number of nitrogens with zero attached hydrogens (tertiary/aromatic N) is 5. The third-order valence-corrected chi connectivity index (χ3v) is 7.25. The summed E-state index contributed by atoms with van der Waals surface area (Å²) in [5.74, 6) is -0.367. The molecular formula is C23H22FN7O3S. The molecule has 2 aliphatic rings. The molecule has 1 saturated heterocycles. The van der Waals surface area contributed by atoms with Crippen LogP contribution in [0.5, 0.6) is 5.88 Å². The van der Waals surface area contributed by atoms with E-state index in [0.29, 0.717) is 52.9 Å². The lowest BCUT2D eigenvalue weighted by Crippen LogP contribution is -2.38. The Morgan fingerprint density at radius 3 is 2.74 bits per heavy atom. The second kappa shape index (κ2) is 8.45. The predicted octanol–water partition coefficient (Wildman–Crippen LogP) is 1.36. The Kier molecular flexibility index (Phi) is 5.24. The topological polar surface area (TPSA) is 132 Å². The first-order valence-corrected chi connectivity index (χ1v) is 12.3. The molecule has 35 heavy (non-hydrogen) atoms. The normalized spacial score (nSPS) is 18.1. The number of fused-ring (bicyclic) bond motifs is 1. The number of carbonyl (C=O) groups is 1. The quantitative estimate of drug-likeness (QED) is 0.393. The van der Waals surface area contributed by atoms with Crippen LogP contribution in [-0.4, -0.2) is 65.8 Å². The molecule has 6 rings (SSSR count). The van der Waals surface area contributed by atoms with Crippen LogP contribution in [0.4, 0.5) is 4.39 Å². The molecule has 1 amide bonds. The number of H-pyrrole nitrogens is 2. The standard InChI is InChI=1S/C23H22FN7O3S/c24-13-5-7-30(8-6-13)22(33)18-4-3-17(35-18)15-10-19(26-14-1-2-14)31-20(27-15)12(11-25-31)9-16-21(32)29-23(34)28-16/h3-4,9-11,13-14,32H,1-2,5-8H2,(H2,28,29,34). The third-order valence-electron chi connectivity index (χ3n) is 6.16. The first kappa shape index (κ1) is 21.7. The summed E-state index contributed by atoms with van der Waals surface area (Å²) < 4.78 is 15.1. The largest absolute Gasteiger partial charge is 0.493 e. The number of aromatic amines is 2. The monoisotopic (exact) mass is 495 g/mol. The number of nitrogens with one attached hydrogen (secondary N) is 2. The molecule has 1 aliphatic carbocycles. The zero-order valence-electron chi connectivity index (χ0n) is 18.6. The molecule has 1 saturated carbocycles. The van der Waals surface area contributed by atoms with E-state index in [-0.39, 0.29) is 23.5 Å². The SMILES string of the molecule is O=C(c1ccc(-c2cc(=NC3CC3)n3ncc(=Cc4[nH]c(=O)[nH]c4O)c3n2)s1)N1CCC(F)CC1. The van der Waals surface area contributed by atoms with E-state index in [2.05, 4.69) is 15.1 Å². The Morgan fingerprint density at radius 2 is 2.03 bits per heavy atom. The van der Waals surface area contributed by atoms with Crippen molar-refractivity contribution >= 4 is 29.0 Å². The highest BCUT2D eigenvalue weighted by Gasteiger charge is 2.25. The fraction of sp³-hybridized carbons (Fsp3) is 0.348. The summed E-state index contributed by atoms with van der Waals surface area (Å²) in [5, 5.41) is 15.0. The maximum absolute atomic E-state index is 13.5. The molecule has 4 aromatic heterocycles. The third kappa shape index (κ3) is 4.25. The van der Waals surface area contributed by atoms with Gasteiger partial charge >= 0.3 is 5.69 Å². The molecule has 0 unspecified atom stereocenters. The number of amides is 1. The number of carbonyl (C=O) groups excluding carboxylic acids is 1. The first-order chi connectivity index (χ1) is 16.9. The van der Waals surface area contributed by atoms with Crippen LogP contribution in [0.25, 0.3) is 22.3 Å². The molecule has 0 radical (unpaired) electrons. The molecule has 5 heterocycles. The molecule has 0 aromatic carbocycles. The zero-order valence-corrected chi connectivity index (χ0v) is 19.4. The van der Waals surface area contributed by atoms with Gasteiger partial charge in [0.05, 0.1) is 27.7 Å². The van der Waals surface area contributed by atoms with Crippen molar-refractivity contribution in [2.24, 2.45) is 4.99 Å². The molecular weight excluding hydrogens is 473 g/mol. The number of halogens is 1. The Labute approximate surface area is 201 Å². The van der Waals surface area contributed by atoms with Crippen LogP contribution in [0.3, 0.4) is 0 Å². The van der Waals surface area contributed by atoms with Gasteiger partial charge in [-0.2, -0.15) is 9.61 Å². The summed E-state index contributed by atoms with van der Waals surface area (Å²) in [6, 6.07) is 5.73. The van der Waals surface area contributed by atoms with Gasteiger partial charge < -0.3 is 15.0 Å². The molecule has 2 fully saturated rings. The lowest BCUT2D eigenvalue weighted by molar-refractivity contribution is 0.0672. The van der Waals surface area contributed by atoms with Crippen molar-refractivity contribution in [1.29, 1.82) is 0 Å². The minimum Gasteiger partial charge on any atom is -0.493 e. The van der Waals surface area contributed by atoms with Gasteiger partial charge in [0.1, 0.15) is 11.9 Å². The molecule has 10 nitrogen and oxygen atoms in total. The van der Waals surface area contributed by atoms with Crippen LogP contribution in [0.1, 0.15) is 41.0 Å². The molecule has 3 N–H and O–H groups in total. The number of aromatic nitrogens is 5. The van der Waals surface area contributed by atoms with Gasteiger partial charge in [0.15, 0.2) is 11.1 Å². The summed E-state index contributed by atoms with van der Waals surface area (Å²) in [6.45, 7) is 0.843. The Morgan fingerprint density at radius 1 is 1.23 bits per heavy atom. The van der Waals surface area contributed by atoms with Crippen molar-refractivity contribution in [3.05, 3.63) is 56.2 Å². The fourth-order valence-electron chi connectivity index (χ4n) is 4.12. The first-order valence-electron chi connectivity index (χ1n) is 11.4. The van der Waals surface area contributed by atoms with E-state index < -0.39 is 11.9 Å².